The summed E-state index contributed by atoms with van der Waals surface area (Å²) in [5.41, 5.74) is 1.96. The van der Waals surface area contributed by atoms with Crippen molar-refractivity contribution in [2.75, 3.05) is 13.1 Å². The number of aromatic nitrogens is 1. The molecule has 3 heteroatoms. The molecule has 0 radical (unpaired) electrons. The van der Waals surface area contributed by atoms with E-state index in [0.717, 1.165) is 42.4 Å². The monoisotopic (exact) mass is 298 g/mol. The first kappa shape index (κ1) is 16.5. The van der Waals surface area contributed by atoms with Crippen LogP contribution < -0.4 is 0 Å². The molecule has 0 fully saturated rings. The number of carbonyl (C=O) groups excluding carboxylic acids is 1. The Morgan fingerprint density at radius 2 is 1.86 bits per heavy atom. The molecule has 1 aromatic heterocycles. The summed E-state index contributed by atoms with van der Waals surface area (Å²) in [5, 5.41) is 1.09. The summed E-state index contributed by atoms with van der Waals surface area (Å²) in [6.45, 7) is 8.08. The van der Waals surface area contributed by atoms with Crippen molar-refractivity contribution in [2.45, 2.75) is 40.0 Å². The van der Waals surface area contributed by atoms with Gasteiger partial charge in [0.05, 0.1) is 11.9 Å². The molecule has 0 bridgehead atoms. The second-order valence-corrected chi connectivity index (χ2v) is 5.78. The SMILES string of the molecule is CCC(CC)CN(CC)C(=O)Cc1cccc2cccnc12. The summed E-state index contributed by atoms with van der Waals surface area (Å²) in [6, 6.07) is 10.0. The molecule has 118 valence electrons. The number of benzene rings is 1. The minimum Gasteiger partial charge on any atom is -0.342 e. The Morgan fingerprint density at radius 3 is 2.55 bits per heavy atom. The molecular weight excluding hydrogens is 272 g/mol. The van der Waals surface area contributed by atoms with Crippen LogP contribution >= 0.6 is 0 Å². The topological polar surface area (TPSA) is 33.2 Å². The summed E-state index contributed by atoms with van der Waals surface area (Å²) in [6.07, 6.45) is 4.46. The van der Waals surface area contributed by atoms with Gasteiger partial charge in [-0.1, -0.05) is 51.0 Å². The third-order valence-corrected chi connectivity index (χ3v) is 4.43. The third-order valence-electron chi connectivity index (χ3n) is 4.43. The highest BCUT2D eigenvalue weighted by Crippen LogP contribution is 2.18. The van der Waals surface area contributed by atoms with Crippen molar-refractivity contribution < 1.29 is 4.79 Å². The normalized spacial score (nSPS) is 11.1. The molecular formula is C19H26N2O. The van der Waals surface area contributed by atoms with E-state index in [1.54, 1.807) is 6.20 Å². The first-order valence-corrected chi connectivity index (χ1v) is 8.29. The molecule has 0 saturated carbocycles. The maximum absolute atomic E-state index is 12.7. The number of fused-ring (bicyclic) bond motifs is 1. The van der Waals surface area contributed by atoms with Crippen molar-refractivity contribution in [1.29, 1.82) is 0 Å². The average molecular weight is 298 g/mol. The Bertz CT molecular complexity index is 614. The minimum absolute atomic E-state index is 0.201. The zero-order chi connectivity index (χ0) is 15.9. The molecule has 0 N–H and O–H groups in total. The minimum atomic E-state index is 0.201. The summed E-state index contributed by atoms with van der Waals surface area (Å²) < 4.78 is 0. The smallest absolute Gasteiger partial charge is 0.227 e. The van der Waals surface area contributed by atoms with Crippen molar-refractivity contribution in [3.05, 3.63) is 42.1 Å². The van der Waals surface area contributed by atoms with Gasteiger partial charge < -0.3 is 4.90 Å². The maximum atomic E-state index is 12.7. The first-order valence-electron chi connectivity index (χ1n) is 8.29. The second kappa shape index (κ2) is 7.92. The van der Waals surface area contributed by atoms with Gasteiger partial charge in [-0.05, 0) is 24.5 Å². The lowest BCUT2D eigenvalue weighted by molar-refractivity contribution is -0.130. The fraction of sp³-hybridized carbons (Fsp3) is 0.474. The zero-order valence-electron chi connectivity index (χ0n) is 13.9. The number of para-hydroxylation sites is 1. The molecule has 0 spiro atoms. The van der Waals surface area contributed by atoms with E-state index >= 15 is 0 Å². The lowest BCUT2D eigenvalue weighted by Gasteiger charge is -2.25. The van der Waals surface area contributed by atoms with Crippen molar-refractivity contribution >= 4 is 16.8 Å². The van der Waals surface area contributed by atoms with Crippen LogP contribution in [0.3, 0.4) is 0 Å². The lowest BCUT2D eigenvalue weighted by atomic mass is 10.0. The number of hydrogen-bond acceptors (Lipinski definition) is 2. The van der Waals surface area contributed by atoms with Crippen molar-refractivity contribution in [3.63, 3.8) is 0 Å². The molecule has 3 nitrogen and oxygen atoms in total. The van der Waals surface area contributed by atoms with Gasteiger partial charge in [-0.25, -0.2) is 0 Å². The van der Waals surface area contributed by atoms with Crippen LogP contribution in [0.1, 0.15) is 39.2 Å². The van der Waals surface area contributed by atoms with Gasteiger partial charge in [-0.3, -0.25) is 9.78 Å². The number of amides is 1. The molecule has 1 aromatic carbocycles. The van der Waals surface area contributed by atoms with Crippen LogP contribution in [0.5, 0.6) is 0 Å². The Morgan fingerprint density at radius 1 is 1.14 bits per heavy atom. The molecule has 0 aliphatic rings. The third kappa shape index (κ3) is 3.85. The Hall–Kier alpha value is -1.90. The van der Waals surface area contributed by atoms with Gasteiger partial charge in [0.15, 0.2) is 0 Å². The van der Waals surface area contributed by atoms with E-state index in [2.05, 4.69) is 25.8 Å². The zero-order valence-corrected chi connectivity index (χ0v) is 13.9. The van der Waals surface area contributed by atoms with Gasteiger partial charge in [-0.15, -0.1) is 0 Å². The van der Waals surface area contributed by atoms with Crippen LogP contribution in [0, 0.1) is 5.92 Å². The molecule has 0 aliphatic heterocycles. The van der Waals surface area contributed by atoms with Gasteiger partial charge in [0.1, 0.15) is 0 Å². The van der Waals surface area contributed by atoms with Gasteiger partial charge >= 0.3 is 0 Å². The van der Waals surface area contributed by atoms with Crippen molar-refractivity contribution in [3.8, 4) is 0 Å². The Labute approximate surface area is 133 Å². The van der Waals surface area contributed by atoms with Gasteiger partial charge in [-0.2, -0.15) is 0 Å². The van der Waals surface area contributed by atoms with Crippen LogP contribution in [0.4, 0.5) is 0 Å². The molecule has 0 atom stereocenters. The summed E-state index contributed by atoms with van der Waals surface area (Å²) >= 11 is 0. The highest BCUT2D eigenvalue weighted by Gasteiger charge is 2.17. The fourth-order valence-corrected chi connectivity index (χ4v) is 2.85. The highest BCUT2D eigenvalue weighted by atomic mass is 16.2. The van der Waals surface area contributed by atoms with Crippen molar-refractivity contribution in [1.82, 2.24) is 9.88 Å². The molecule has 2 rings (SSSR count). The van der Waals surface area contributed by atoms with E-state index in [1.807, 2.05) is 35.2 Å². The number of rotatable bonds is 7. The van der Waals surface area contributed by atoms with Crippen LogP contribution in [0.25, 0.3) is 10.9 Å². The Balaban J connectivity index is 2.15. The second-order valence-electron chi connectivity index (χ2n) is 5.78. The number of likely N-dealkylation sites (N-methyl/N-ethyl adjacent to an activating group) is 1. The van der Waals surface area contributed by atoms with E-state index in [0.29, 0.717) is 12.3 Å². The van der Waals surface area contributed by atoms with E-state index in [4.69, 9.17) is 0 Å². The number of nitrogens with zero attached hydrogens (tertiary/aromatic N) is 2. The predicted octanol–water partition coefficient (Wildman–Crippen LogP) is 4.06. The van der Waals surface area contributed by atoms with Crippen LogP contribution in [0.2, 0.25) is 0 Å². The Kier molecular flexibility index (Phi) is 5.93. The lowest BCUT2D eigenvalue weighted by Crippen LogP contribution is -2.36. The van der Waals surface area contributed by atoms with Crippen LogP contribution in [-0.4, -0.2) is 28.9 Å². The maximum Gasteiger partial charge on any atom is 0.227 e. The molecule has 1 heterocycles. The quantitative estimate of drug-likeness (QED) is 0.772. The highest BCUT2D eigenvalue weighted by molar-refractivity contribution is 5.87. The van der Waals surface area contributed by atoms with Gasteiger partial charge in [0, 0.05) is 24.7 Å². The molecule has 22 heavy (non-hydrogen) atoms. The van der Waals surface area contributed by atoms with Gasteiger partial charge in [0.25, 0.3) is 0 Å². The van der Waals surface area contributed by atoms with E-state index in [-0.39, 0.29) is 5.91 Å². The fourth-order valence-electron chi connectivity index (χ4n) is 2.85. The number of carbonyl (C=O) groups is 1. The standard InChI is InChI=1S/C19H26N2O/c1-4-15(5-2)14-21(6-3)18(22)13-17-10-7-9-16-11-8-12-20-19(16)17/h7-12,15H,4-6,13-14H2,1-3H3. The molecule has 0 unspecified atom stereocenters. The van der Waals surface area contributed by atoms with E-state index in [9.17, 15) is 4.79 Å². The van der Waals surface area contributed by atoms with E-state index in [1.165, 1.54) is 0 Å². The molecule has 0 saturated heterocycles. The average Bonchev–Trinajstić information content (AvgIpc) is 2.56. The largest absolute Gasteiger partial charge is 0.342 e. The number of hydrogen-bond donors (Lipinski definition) is 0. The first-order chi connectivity index (χ1) is 10.7. The molecule has 2 aromatic rings. The van der Waals surface area contributed by atoms with E-state index < -0.39 is 0 Å². The predicted molar refractivity (Wildman–Crippen MR) is 91.8 cm³/mol. The van der Waals surface area contributed by atoms with Crippen LogP contribution in [-0.2, 0) is 11.2 Å². The summed E-state index contributed by atoms with van der Waals surface area (Å²) in [5.74, 6) is 0.794. The van der Waals surface area contributed by atoms with Crippen LogP contribution in [0.15, 0.2) is 36.5 Å². The molecule has 0 aliphatic carbocycles. The molecule has 1 amide bonds. The van der Waals surface area contributed by atoms with Gasteiger partial charge in [0.2, 0.25) is 5.91 Å². The van der Waals surface area contributed by atoms with Crippen molar-refractivity contribution in [2.24, 2.45) is 5.92 Å². The summed E-state index contributed by atoms with van der Waals surface area (Å²) in [4.78, 5) is 19.1. The number of pyridine rings is 1. The summed E-state index contributed by atoms with van der Waals surface area (Å²) in [7, 11) is 0.